The molecule has 0 aromatic rings. The van der Waals surface area contributed by atoms with Crippen molar-refractivity contribution < 1.29 is 28.6 Å². The van der Waals surface area contributed by atoms with E-state index in [2.05, 4.69) is 167 Å². The lowest BCUT2D eigenvalue weighted by molar-refractivity contribution is -0.167. The highest BCUT2D eigenvalue weighted by Crippen LogP contribution is 2.11. The number of allylic oxidation sites excluding steroid dienone is 24. The van der Waals surface area contributed by atoms with Crippen molar-refractivity contribution in [3.63, 3.8) is 0 Å². The van der Waals surface area contributed by atoms with Crippen LogP contribution in [-0.4, -0.2) is 37.2 Å². The van der Waals surface area contributed by atoms with Crippen molar-refractivity contribution in [1.29, 1.82) is 0 Å². The van der Waals surface area contributed by atoms with E-state index in [1.54, 1.807) is 0 Å². The van der Waals surface area contributed by atoms with Crippen LogP contribution in [0.25, 0.3) is 0 Å². The van der Waals surface area contributed by atoms with Crippen LogP contribution in [0.2, 0.25) is 0 Å². The van der Waals surface area contributed by atoms with Gasteiger partial charge in [-0.1, -0.05) is 199 Å². The van der Waals surface area contributed by atoms with Gasteiger partial charge in [-0.3, -0.25) is 14.4 Å². The van der Waals surface area contributed by atoms with E-state index in [0.717, 1.165) is 141 Å². The zero-order valence-electron chi connectivity index (χ0n) is 42.6. The minimum absolute atomic E-state index is 0.122. The summed E-state index contributed by atoms with van der Waals surface area (Å²) < 4.78 is 16.7. The average molecular weight is 923 g/mol. The van der Waals surface area contributed by atoms with Crippen LogP contribution < -0.4 is 0 Å². The predicted molar refractivity (Wildman–Crippen MR) is 288 cm³/mol. The van der Waals surface area contributed by atoms with Crippen LogP contribution in [0, 0.1) is 0 Å². The molecule has 0 aliphatic heterocycles. The molecule has 1 unspecified atom stereocenters. The van der Waals surface area contributed by atoms with Crippen LogP contribution in [0.1, 0.15) is 201 Å². The molecular formula is C61H94O6. The largest absolute Gasteiger partial charge is 0.462 e. The smallest absolute Gasteiger partial charge is 0.306 e. The summed E-state index contributed by atoms with van der Waals surface area (Å²) in [5, 5.41) is 0. The third kappa shape index (κ3) is 52.1. The molecule has 6 nitrogen and oxygen atoms in total. The second-order valence-electron chi connectivity index (χ2n) is 16.7. The maximum atomic E-state index is 12.8. The van der Waals surface area contributed by atoms with Gasteiger partial charge in [0, 0.05) is 19.3 Å². The maximum Gasteiger partial charge on any atom is 0.306 e. The molecule has 0 spiro atoms. The molecule has 0 N–H and O–H groups in total. The molecule has 6 heteroatoms. The Morgan fingerprint density at radius 1 is 0.313 bits per heavy atom. The first-order valence-corrected chi connectivity index (χ1v) is 26.3. The molecule has 0 aromatic carbocycles. The lowest BCUT2D eigenvalue weighted by Gasteiger charge is -2.18. The van der Waals surface area contributed by atoms with Crippen molar-refractivity contribution >= 4 is 17.9 Å². The molecule has 0 aliphatic carbocycles. The van der Waals surface area contributed by atoms with E-state index in [1.807, 2.05) is 0 Å². The van der Waals surface area contributed by atoms with Crippen LogP contribution in [0.4, 0.5) is 0 Å². The van der Waals surface area contributed by atoms with Gasteiger partial charge >= 0.3 is 17.9 Å². The van der Waals surface area contributed by atoms with Gasteiger partial charge in [0.05, 0.1) is 0 Å². The monoisotopic (exact) mass is 923 g/mol. The van der Waals surface area contributed by atoms with Gasteiger partial charge < -0.3 is 14.2 Å². The van der Waals surface area contributed by atoms with Crippen LogP contribution in [0.3, 0.4) is 0 Å². The topological polar surface area (TPSA) is 78.9 Å². The predicted octanol–water partition coefficient (Wildman–Crippen LogP) is 17.6. The number of carbonyl (C=O) groups is 3. The van der Waals surface area contributed by atoms with Gasteiger partial charge in [0.15, 0.2) is 6.10 Å². The summed E-state index contributed by atoms with van der Waals surface area (Å²) in [6, 6.07) is 0. The molecule has 67 heavy (non-hydrogen) atoms. The van der Waals surface area contributed by atoms with Gasteiger partial charge in [-0.15, -0.1) is 0 Å². The number of esters is 3. The number of hydrogen-bond acceptors (Lipinski definition) is 6. The van der Waals surface area contributed by atoms with E-state index in [0.29, 0.717) is 19.3 Å². The zero-order chi connectivity index (χ0) is 48.6. The van der Waals surface area contributed by atoms with Gasteiger partial charge in [0.25, 0.3) is 0 Å². The summed E-state index contributed by atoms with van der Waals surface area (Å²) in [7, 11) is 0. The Kier molecular flexibility index (Phi) is 50.1. The quantitative estimate of drug-likeness (QED) is 0.0262. The molecule has 1 atom stereocenters. The summed E-state index contributed by atoms with van der Waals surface area (Å²) in [6.45, 7) is 6.23. The number of ether oxygens (including phenoxy) is 3. The number of carbonyl (C=O) groups excluding carboxylic acids is 3. The Labute approximate surface area is 410 Å². The van der Waals surface area contributed by atoms with E-state index in [9.17, 15) is 14.4 Å². The van der Waals surface area contributed by atoms with Gasteiger partial charge in [0.2, 0.25) is 0 Å². The minimum atomic E-state index is -0.828. The van der Waals surface area contributed by atoms with E-state index in [1.165, 1.54) is 6.42 Å². The second-order valence-corrected chi connectivity index (χ2v) is 16.7. The number of hydrogen-bond donors (Lipinski definition) is 0. The maximum absolute atomic E-state index is 12.8. The first-order valence-electron chi connectivity index (χ1n) is 26.3. The fraction of sp³-hybridized carbons (Fsp3) is 0.557. The average Bonchev–Trinajstić information content (AvgIpc) is 3.33. The molecule has 0 radical (unpaired) electrons. The van der Waals surface area contributed by atoms with E-state index < -0.39 is 6.10 Å². The Morgan fingerprint density at radius 3 is 0.985 bits per heavy atom. The first kappa shape index (κ1) is 62.3. The minimum Gasteiger partial charge on any atom is -0.462 e. The second kappa shape index (κ2) is 53.9. The summed E-state index contributed by atoms with van der Waals surface area (Å²) in [5.74, 6) is -1.04. The molecule has 0 fully saturated rings. The lowest BCUT2D eigenvalue weighted by atomic mass is 10.1. The fourth-order valence-corrected chi connectivity index (χ4v) is 6.42. The zero-order valence-corrected chi connectivity index (χ0v) is 42.6. The van der Waals surface area contributed by atoms with Gasteiger partial charge in [-0.05, 0) is 128 Å². The third-order valence-corrected chi connectivity index (χ3v) is 10.3. The highest BCUT2D eigenvalue weighted by Gasteiger charge is 2.19. The number of rotatable bonds is 45. The SMILES string of the molecule is CC/C=C\C/C=C\C/C=C\C/C=C\C/C=C\C/C=C\C/C=C\CCCC(=O)OCC(COC(=O)CCCCCCC/C=C\C/C=C\CCC)OC(=O)CCCCC/C=C\C/C=C\C/C=C\CC. The van der Waals surface area contributed by atoms with Crippen molar-refractivity contribution in [1.82, 2.24) is 0 Å². The van der Waals surface area contributed by atoms with Gasteiger partial charge in [-0.2, -0.15) is 0 Å². The molecule has 0 bridgehead atoms. The van der Waals surface area contributed by atoms with Crippen molar-refractivity contribution in [3.8, 4) is 0 Å². The number of unbranched alkanes of at least 4 members (excludes halogenated alkanes) is 10. The molecule has 0 aromatic heterocycles. The Balaban J connectivity index is 4.53. The molecular weight excluding hydrogens is 829 g/mol. The summed E-state index contributed by atoms with van der Waals surface area (Å²) in [6.07, 6.45) is 77.0. The summed E-state index contributed by atoms with van der Waals surface area (Å²) in [4.78, 5) is 38.0. The van der Waals surface area contributed by atoms with Crippen molar-refractivity contribution in [2.75, 3.05) is 13.2 Å². The Bertz CT molecular complexity index is 1530. The van der Waals surface area contributed by atoms with Crippen molar-refractivity contribution in [2.24, 2.45) is 0 Å². The van der Waals surface area contributed by atoms with E-state index in [4.69, 9.17) is 14.2 Å². The van der Waals surface area contributed by atoms with Crippen LogP contribution in [0.15, 0.2) is 146 Å². The molecule has 0 rings (SSSR count). The molecule has 0 saturated heterocycles. The van der Waals surface area contributed by atoms with Gasteiger partial charge in [-0.25, -0.2) is 0 Å². The summed E-state index contributed by atoms with van der Waals surface area (Å²) in [5.41, 5.74) is 0. The highest BCUT2D eigenvalue weighted by atomic mass is 16.6. The van der Waals surface area contributed by atoms with Crippen LogP contribution in [-0.2, 0) is 28.6 Å². The Morgan fingerprint density at radius 2 is 0.597 bits per heavy atom. The Hall–Kier alpha value is -4.71. The lowest BCUT2D eigenvalue weighted by Crippen LogP contribution is -2.30. The molecule has 0 amide bonds. The highest BCUT2D eigenvalue weighted by molar-refractivity contribution is 5.71. The summed E-state index contributed by atoms with van der Waals surface area (Å²) >= 11 is 0. The van der Waals surface area contributed by atoms with E-state index >= 15 is 0 Å². The molecule has 0 heterocycles. The standard InChI is InChI=1S/C61H94O6/c1-4-7-10-13-16-19-22-25-26-27-28-29-30-31-32-33-34-37-39-42-45-48-51-54-60(63)66-57-58(67-61(64)55-52-49-46-43-40-36-24-21-18-15-12-9-6-3)56-65-59(62)53-50-47-44-41-38-35-23-20-17-14-11-8-5-2/h7,9-12,14,16,18-21,23,25-26,28-29,31-32,34,36-37,40,42,45,58H,4-6,8,13,15,17,22,24,27,30,33,35,38-39,41,43-44,46-57H2,1-3H3/b10-7-,12-9-,14-11-,19-16-,21-18-,23-20-,26-25-,29-28-,32-31-,37-34-,40-36-,45-42-. The molecule has 0 aliphatic rings. The van der Waals surface area contributed by atoms with Crippen LogP contribution >= 0.6 is 0 Å². The first-order chi connectivity index (χ1) is 33.0. The van der Waals surface area contributed by atoms with Gasteiger partial charge in [0.1, 0.15) is 13.2 Å². The van der Waals surface area contributed by atoms with Crippen LogP contribution in [0.5, 0.6) is 0 Å². The molecule has 0 saturated carbocycles. The van der Waals surface area contributed by atoms with Crippen molar-refractivity contribution in [2.45, 2.75) is 207 Å². The normalized spacial score (nSPS) is 13.3. The molecule has 374 valence electrons. The van der Waals surface area contributed by atoms with Crippen molar-refractivity contribution in [3.05, 3.63) is 146 Å². The fourth-order valence-electron chi connectivity index (χ4n) is 6.42. The van der Waals surface area contributed by atoms with E-state index in [-0.39, 0.29) is 44.0 Å². The third-order valence-electron chi connectivity index (χ3n) is 10.3.